The average Bonchev–Trinajstić information content (AvgIpc) is 3.03. The number of hydrogen-bond donors (Lipinski definition) is 0. The SMILES string of the molecule is COc1cc(C)ccc1OCc1ncc(-c2ccc(Cl)cc2)o1. The van der Waals surface area contributed by atoms with Crippen LogP contribution in [0.15, 0.2) is 53.1 Å². The van der Waals surface area contributed by atoms with Crippen molar-refractivity contribution in [3.05, 3.63) is 65.1 Å². The maximum Gasteiger partial charge on any atom is 0.232 e. The van der Waals surface area contributed by atoms with E-state index in [-0.39, 0.29) is 6.61 Å². The monoisotopic (exact) mass is 329 g/mol. The van der Waals surface area contributed by atoms with Crippen molar-refractivity contribution >= 4 is 11.6 Å². The molecule has 0 bridgehead atoms. The number of benzene rings is 2. The Balaban J connectivity index is 1.71. The zero-order chi connectivity index (χ0) is 16.2. The molecule has 0 unspecified atom stereocenters. The lowest BCUT2D eigenvalue weighted by Crippen LogP contribution is -1.98. The molecule has 0 aliphatic heterocycles. The van der Waals surface area contributed by atoms with Crippen molar-refractivity contribution in [3.63, 3.8) is 0 Å². The first-order chi connectivity index (χ1) is 11.2. The predicted molar refractivity (Wildman–Crippen MR) is 89.0 cm³/mol. The normalized spacial score (nSPS) is 10.6. The molecule has 0 aliphatic carbocycles. The van der Waals surface area contributed by atoms with Crippen molar-refractivity contribution in [1.82, 2.24) is 4.98 Å². The minimum absolute atomic E-state index is 0.229. The van der Waals surface area contributed by atoms with Gasteiger partial charge in [0.2, 0.25) is 5.89 Å². The molecule has 0 spiro atoms. The van der Waals surface area contributed by atoms with Crippen LogP contribution in [-0.2, 0) is 6.61 Å². The summed E-state index contributed by atoms with van der Waals surface area (Å²) >= 11 is 5.88. The van der Waals surface area contributed by atoms with Crippen molar-refractivity contribution in [3.8, 4) is 22.8 Å². The number of halogens is 1. The van der Waals surface area contributed by atoms with Gasteiger partial charge in [-0.05, 0) is 48.9 Å². The van der Waals surface area contributed by atoms with E-state index in [0.717, 1.165) is 11.1 Å². The Morgan fingerprint density at radius 3 is 2.61 bits per heavy atom. The number of hydrogen-bond acceptors (Lipinski definition) is 4. The van der Waals surface area contributed by atoms with Gasteiger partial charge in [0.05, 0.1) is 13.3 Å². The van der Waals surface area contributed by atoms with Gasteiger partial charge < -0.3 is 13.9 Å². The molecule has 1 heterocycles. The van der Waals surface area contributed by atoms with Crippen LogP contribution in [0.25, 0.3) is 11.3 Å². The molecule has 5 heteroatoms. The van der Waals surface area contributed by atoms with Gasteiger partial charge in [-0.3, -0.25) is 0 Å². The molecule has 0 atom stereocenters. The largest absolute Gasteiger partial charge is 0.493 e. The highest BCUT2D eigenvalue weighted by atomic mass is 35.5. The quantitative estimate of drug-likeness (QED) is 0.668. The van der Waals surface area contributed by atoms with Gasteiger partial charge in [-0.15, -0.1) is 0 Å². The summed E-state index contributed by atoms with van der Waals surface area (Å²) in [6.07, 6.45) is 1.67. The molecule has 3 aromatic rings. The summed E-state index contributed by atoms with van der Waals surface area (Å²) in [5, 5.41) is 0.684. The minimum Gasteiger partial charge on any atom is -0.493 e. The zero-order valence-electron chi connectivity index (χ0n) is 12.9. The summed E-state index contributed by atoms with van der Waals surface area (Å²) in [6, 6.07) is 13.2. The standard InChI is InChI=1S/C18H16ClNO3/c1-12-3-8-15(16(9-12)21-2)22-11-18-20-10-17(23-18)13-4-6-14(19)7-5-13/h3-10H,11H2,1-2H3. The minimum atomic E-state index is 0.229. The van der Waals surface area contributed by atoms with Crippen LogP contribution in [0.1, 0.15) is 11.5 Å². The van der Waals surface area contributed by atoms with Gasteiger partial charge in [-0.1, -0.05) is 17.7 Å². The van der Waals surface area contributed by atoms with E-state index in [1.165, 1.54) is 0 Å². The number of methoxy groups -OCH3 is 1. The van der Waals surface area contributed by atoms with E-state index in [9.17, 15) is 0 Å². The Bertz CT molecular complexity index is 796. The van der Waals surface area contributed by atoms with Crippen molar-refractivity contribution in [2.45, 2.75) is 13.5 Å². The van der Waals surface area contributed by atoms with Crippen molar-refractivity contribution in [1.29, 1.82) is 0 Å². The molecular weight excluding hydrogens is 314 g/mol. The first-order valence-electron chi connectivity index (χ1n) is 7.14. The van der Waals surface area contributed by atoms with Gasteiger partial charge in [-0.25, -0.2) is 4.98 Å². The van der Waals surface area contributed by atoms with Crippen LogP contribution in [0, 0.1) is 6.92 Å². The lowest BCUT2D eigenvalue weighted by Gasteiger charge is -2.09. The maximum atomic E-state index is 5.88. The van der Waals surface area contributed by atoms with E-state index >= 15 is 0 Å². The van der Waals surface area contributed by atoms with Gasteiger partial charge in [0.15, 0.2) is 23.9 Å². The fraction of sp³-hybridized carbons (Fsp3) is 0.167. The van der Waals surface area contributed by atoms with Crippen molar-refractivity contribution in [2.24, 2.45) is 0 Å². The molecular formula is C18H16ClNO3. The second kappa shape index (κ2) is 6.75. The number of aromatic nitrogens is 1. The Morgan fingerprint density at radius 2 is 1.87 bits per heavy atom. The molecule has 0 saturated carbocycles. The van der Waals surface area contributed by atoms with Crippen molar-refractivity contribution in [2.75, 3.05) is 7.11 Å². The van der Waals surface area contributed by atoms with E-state index < -0.39 is 0 Å². The molecule has 23 heavy (non-hydrogen) atoms. The van der Waals surface area contributed by atoms with Crippen LogP contribution >= 0.6 is 11.6 Å². The number of aryl methyl sites for hydroxylation is 1. The number of oxazole rings is 1. The van der Waals surface area contributed by atoms with Crippen LogP contribution in [0.4, 0.5) is 0 Å². The predicted octanol–water partition coefficient (Wildman–Crippen LogP) is 4.89. The highest BCUT2D eigenvalue weighted by Gasteiger charge is 2.09. The van der Waals surface area contributed by atoms with Gasteiger partial charge in [0.1, 0.15) is 0 Å². The van der Waals surface area contributed by atoms with E-state index in [4.69, 9.17) is 25.5 Å². The maximum absolute atomic E-state index is 5.88. The van der Waals surface area contributed by atoms with Gasteiger partial charge >= 0.3 is 0 Å². The van der Waals surface area contributed by atoms with Crippen LogP contribution in [0.5, 0.6) is 11.5 Å². The highest BCUT2D eigenvalue weighted by Crippen LogP contribution is 2.29. The second-order valence-corrected chi connectivity index (χ2v) is 5.50. The van der Waals surface area contributed by atoms with Gasteiger partial charge in [0, 0.05) is 10.6 Å². The first kappa shape index (κ1) is 15.4. The van der Waals surface area contributed by atoms with Gasteiger partial charge in [0.25, 0.3) is 0 Å². The molecule has 4 nitrogen and oxygen atoms in total. The second-order valence-electron chi connectivity index (χ2n) is 5.07. The molecule has 0 radical (unpaired) electrons. The zero-order valence-corrected chi connectivity index (χ0v) is 13.6. The molecule has 118 valence electrons. The summed E-state index contributed by atoms with van der Waals surface area (Å²) in [4.78, 5) is 4.24. The third kappa shape index (κ3) is 3.66. The highest BCUT2D eigenvalue weighted by molar-refractivity contribution is 6.30. The Morgan fingerprint density at radius 1 is 1.09 bits per heavy atom. The Labute approximate surface area is 139 Å². The topological polar surface area (TPSA) is 44.5 Å². The molecule has 3 rings (SSSR count). The Hall–Kier alpha value is -2.46. The first-order valence-corrected chi connectivity index (χ1v) is 7.51. The number of rotatable bonds is 5. The fourth-order valence-electron chi connectivity index (χ4n) is 2.16. The summed E-state index contributed by atoms with van der Waals surface area (Å²) in [6.45, 7) is 2.23. The fourth-order valence-corrected chi connectivity index (χ4v) is 2.28. The van der Waals surface area contributed by atoms with Gasteiger partial charge in [-0.2, -0.15) is 0 Å². The molecule has 0 fully saturated rings. The van der Waals surface area contributed by atoms with Crippen molar-refractivity contribution < 1.29 is 13.9 Å². The lowest BCUT2D eigenvalue weighted by molar-refractivity contribution is 0.251. The molecule has 0 N–H and O–H groups in total. The average molecular weight is 330 g/mol. The smallest absolute Gasteiger partial charge is 0.232 e. The van der Waals surface area contributed by atoms with E-state index in [2.05, 4.69) is 4.98 Å². The molecule has 1 aromatic heterocycles. The van der Waals surface area contributed by atoms with E-state index in [1.807, 2.05) is 49.4 Å². The molecule has 2 aromatic carbocycles. The van der Waals surface area contributed by atoms with Crippen LogP contribution in [-0.4, -0.2) is 12.1 Å². The number of ether oxygens (including phenoxy) is 2. The molecule has 0 saturated heterocycles. The molecule has 0 amide bonds. The van der Waals surface area contributed by atoms with E-state index in [1.54, 1.807) is 13.3 Å². The van der Waals surface area contributed by atoms with E-state index in [0.29, 0.717) is 28.2 Å². The lowest BCUT2D eigenvalue weighted by atomic mass is 10.2. The third-order valence-electron chi connectivity index (χ3n) is 3.35. The van der Waals surface area contributed by atoms with Crippen LogP contribution in [0.2, 0.25) is 5.02 Å². The summed E-state index contributed by atoms with van der Waals surface area (Å²) in [5.41, 5.74) is 2.02. The summed E-state index contributed by atoms with van der Waals surface area (Å²) in [7, 11) is 1.62. The molecule has 0 aliphatic rings. The summed E-state index contributed by atoms with van der Waals surface area (Å²) in [5.74, 6) is 2.52. The number of nitrogens with zero attached hydrogens (tertiary/aromatic N) is 1. The van der Waals surface area contributed by atoms with Crippen LogP contribution in [0.3, 0.4) is 0 Å². The Kier molecular flexibility index (Phi) is 4.53. The van der Waals surface area contributed by atoms with Crippen LogP contribution < -0.4 is 9.47 Å². The third-order valence-corrected chi connectivity index (χ3v) is 3.60. The summed E-state index contributed by atoms with van der Waals surface area (Å²) < 4.78 is 16.8.